The van der Waals surface area contributed by atoms with E-state index >= 15 is 0 Å². The van der Waals surface area contributed by atoms with Crippen LogP contribution in [-0.2, 0) is 9.63 Å². The summed E-state index contributed by atoms with van der Waals surface area (Å²) in [6.45, 7) is 4.91. The summed E-state index contributed by atoms with van der Waals surface area (Å²) in [5.41, 5.74) is 7.44. The zero-order valence-electron chi connectivity index (χ0n) is 7.09. The molecule has 0 spiro atoms. The van der Waals surface area contributed by atoms with Gasteiger partial charge in [-0.3, -0.25) is 9.63 Å². The molecule has 0 aliphatic heterocycles. The van der Waals surface area contributed by atoms with Crippen molar-refractivity contribution in [3.05, 3.63) is 0 Å². The highest BCUT2D eigenvalue weighted by atomic mass is 16.6. The van der Waals surface area contributed by atoms with Crippen LogP contribution >= 0.6 is 0 Å². The Labute approximate surface area is 67.0 Å². The minimum absolute atomic E-state index is 0.159. The first-order valence-electron chi connectivity index (χ1n) is 3.77. The Morgan fingerprint density at radius 1 is 1.64 bits per heavy atom. The van der Waals surface area contributed by atoms with Gasteiger partial charge in [-0.05, 0) is 5.92 Å². The molecule has 1 amide bonds. The second-order valence-electron chi connectivity index (χ2n) is 2.77. The molecule has 3 N–H and O–H groups in total. The molecule has 0 fully saturated rings. The van der Waals surface area contributed by atoms with Crippen molar-refractivity contribution in [2.75, 3.05) is 13.2 Å². The average molecular weight is 160 g/mol. The molecule has 0 aliphatic rings. The van der Waals surface area contributed by atoms with E-state index in [4.69, 9.17) is 10.6 Å². The Hall–Kier alpha value is -0.610. The van der Waals surface area contributed by atoms with Gasteiger partial charge in [-0.1, -0.05) is 13.8 Å². The molecule has 0 atom stereocenters. The van der Waals surface area contributed by atoms with Gasteiger partial charge in [0.15, 0.2) is 0 Å². The fourth-order valence-corrected chi connectivity index (χ4v) is 0.471. The van der Waals surface area contributed by atoms with Crippen LogP contribution in [0.15, 0.2) is 0 Å². The summed E-state index contributed by atoms with van der Waals surface area (Å²) in [4.78, 5) is 15.6. The molecule has 0 heterocycles. The Bertz CT molecular complexity index is 115. The van der Waals surface area contributed by atoms with E-state index < -0.39 is 0 Å². The van der Waals surface area contributed by atoms with Gasteiger partial charge in [-0.15, -0.1) is 0 Å². The number of hydroxylamine groups is 1. The summed E-state index contributed by atoms with van der Waals surface area (Å²) in [6.07, 6.45) is 0.318. The molecule has 0 unspecified atom stereocenters. The Kier molecular flexibility index (Phi) is 5.78. The first kappa shape index (κ1) is 10.4. The lowest BCUT2D eigenvalue weighted by atomic mass is 10.2. The van der Waals surface area contributed by atoms with Crippen LogP contribution in [0.4, 0.5) is 0 Å². The lowest BCUT2D eigenvalue weighted by molar-refractivity contribution is -0.134. The minimum atomic E-state index is -0.159. The number of hydrogen-bond donors (Lipinski definition) is 2. The standard InChI is InChI=1S/C7H16N2O2/c1-6(2)5-11-9-7(10)3-4-8/h6H,3-5,8H2,1-2H3,(H,9,10). The molecule has 0 rings (SSSR count). The zero-order valence-corrected chi connectivity index (χ0v) is 7.09. The number of amides is 1. The van der Waals surface area contributed by atoms with E-state index in [2.05, 4.69) is 5.48 Å². The fraction of sp³-hybridized carbons (Fsp3) is 0.857. The maximum Gasteiger partial charge on any atom is 0.244 e. The molecular formula is C7H16N2O2. The van der Waals surface area contributed by atoms with E-state index in [0.29, 0.717) is 25.5 Å². The highest BCUT2D eigenvalue weighted by Gasteiger charge is 1.99. The van der Waals surface area contributed by atoms with Crippen molar-refractivity contribution in [2.45, 2.75) is 20.3 Å². The first-order chi connectivity index (χ1) is 5.16. The smallest absolute Gasteiger partial charge is 0.244 e. The normalized spacial score (nSPS) is 10.2. The molecule has 0 aromatic heterocycles. The second-order valence-corrected chi connectivity index (χ2v) is 2.77. The predicted molar refractivity (Wildman–Crippen MR) is 42.6 cm³/mol. The van der Waals surface area contributed by atoms with Gasteiger partial charge in [-0.25, -0.2) is 5.48 Å². The van der Waals surface area contributed by atoms with Crippen LogP contribution in [0.25, 0.3) is 0 Å². The molecule has 0 radical (unpaired) electrons. The van der Waals surface area contributed by atoms with Crippen LogP contribution in [0.3, 0.4) is 0 Å². The number of carbonyl (C=O) groups is 1. The van der Waals surface area contributed by atoms with Crippen LogP contribution in [0.5, 0.6) is 0 Å². The molecule has 0 aromatic rings. The van der Waals surface area contributed by atoms with E-state index in [0.717, 1.165) is 0 Å². The van der Waals surface area contributed by atoms with Gasteiger partial charge in [-0.2, -0.15) is 0 Å². The molecular weight excluding hydrogens is 144 g/mol. The summed E-state index contributed by atoms with van der Waals surface area (Å²) in [5, 5.41) is 0. The van der Waals surface area contributed by atoms with Gasteiger partial charge < -0.3 is 5.73 Å². The third kappa shape index (κ3) is 7.29. The van der Waals surface area contributed by atoms with Crippen molar-refractivity contribution in [3.8, 4) is 0 Å². The van der Waals surface area contributed by atoms with E-state index in [-0.39, 0.29) is 5.91 Å². The molecule has 0 aromatic carbocycles. The van der Waals surface area contributed by atoms with E-state index in [1.54, 1.807) is 0 Å². The van der Waals surface area contributed by atoms with Crippen LogP contribution in [0.1, 0.15) is 20.3 Å². The third-order valence-corrected chi connectivity index (χ3v) is 0.974. The SMILES string of the molecule is CC(C)CONC(=O)CCN. The van der Waals surface area contributed by atoms with Crippen molar-refractivity contribution in [1.29, 1.82) is 0 Å². The summed E-state index contributed by atoms with van der Waals surface area (Å²) in [7, 11) is 0. The third-order valence-electron chi connectivity index (χ3n) is 0.974. The van der Waals surface area contributed by atoms with Crippen LogP contribution < -0.4 is 11.2 Å². The van der Waals surface area contributed by atoms with Crippen LogP contribution in [0.2, 0.25) is 0 Å². The highest BCUT2D eigenvalue weighted by molar-refractivity contribution is 5.74. The van der Waals surface area contributed by atoms with Gasteiger partial charge in [0.25, 0.3) is 0 Å². The van der Waals surface area contributed by atoms with Crippen molar-refractivity contribution in [2.24, 2.45) is 11.7 Å². The molecule has 66 valence electrons. The largest absolute Gasteiger partial charge is 0.330 e. The van der Waals surface area contributed by atoms with Crippen LogP contribution in [0, 0.1) is 5.92 Å². The zero-order chi connectivity index (χ0) is 8.69. The molecule has 0 saturated carbocycles. The van der Waals surface area contributed by atoms with E-state index in [9.17, 15) is 4.79 Å². The lowest BCUT2D eigenvalue weighted by Gasteiger charge is -2.06. The topological polar surface area (TPSA) is 64.3 Å². The van der Waals surface area contributed by atoms with Crippen molar-refractivity contribution in [3.63, 3.8) is 0 Å². The van der Waals surface area contributed by atoms with Gasteiger partial charge in [0.1, 0.15) is 0 Å². The quantitative estimate of drug-likeness (QED) is 0.558. The minimum Gasteiger partial charge on any atom is -0.330 e. The Morgan fingerprint density at radius 2 is 2.27 bits per heavy atom. The fourth-order valence-electron chi connectivity index (χ4n) is 0.471. The summed E-state index contributed by atoms with van der Waals surface area (Å²) in [6, 6.07) is 0. The summed E-state index contributed by atoms with van der Waals surface area (Å²) >= 11 is 0. The number of hydrogen-bond acceptors (Lipinski definition) is 3. The van der Waals surface area contributed by atoms with Gasteiger partial charge in [0, 0.05) is 13.0 Å². The first-order valence-corrected chi connectivity index (χ1v) is 3.77. The molecule has 0 aliphatic carbocycles. The molecule has 0 saturated heterocycles. The van der Waals surface area contributed by atoms with Gasteiger partial charge >= 0.3 is 0 Å². The van der Waals surface area contributed by atoms with Crippen LogP contribution in [-0.4, -0.2) is 19.1 Å². The molecule has 0 bridgehead atoms. The number of nitrogens with one attached hydrogen (secondary N) is 1. The molecule has 4 nitrogen and oxygen atoms in total. The molecule has 4 heteroatoms. The van der Waals surface area contributed by atoms with Gasteiger partial charge in [0.2, 0.25) is 5.91 Å². The number of carbonyl (C=O) groups excluding carboxylic acids is 1. The summed E-state index contributed by atoms with van der Waals surface area (Å²) in [5.74, 6) is 0.265. The van der Waals surface area contributed by atoms with Crippen molar-refractivity contribution >= 4 is 5.91 Å². The number of rotatable bonds is 5. The van der Waals surface area contributed by atoms with E-state index in [1.165, 1.54) is 0 Å². The second kappa shape index (κ2) is 6.12. The van der Waals surface area contributed by atoms with Gasteiger partial charge in [0.05, 0.1) is 6.61 Å². The summed E-state index contributed by atoms with van der Waals surface area (Å²) < 4.78 is 0. The molecule has 11 heavy (non-hydrogen) atoms. The van der Waals surface area contributed by atoms with Crippen molar-refractivity contribution in [1.82, 2.24) is 5.48 Å². The predicted octanol–water partition coefficient (Wildman–Crippen LogP) is 0.0390. The Morgan fingerprint density at radius 3 is 2.73 bits per heavy atom. The maximum absolute atomic E-state index is 10.7. The number of nitrogens with two attached hydrogens (primary N) is 1. The Balaban J connectivity index is 3.17. The monoisotopic (exact) mass is 160 g/mol. The maximum atomic E-state index is 10.7. The lowest BCUT2D eigenvalue weighted by Crippen LogP contribution is -2.27. The van der Waals surface area contributed by atoms with E-state index in [1.807, 2.05) is 13.8 Å². The van der Waals surface area contributed by atoms with Crippen molar-refractivity contribution < 1.29 is 9.63 Å². The highest BCUT2D eigenvalue weighted by Crippen LogP contribution is 1.89. The average Bonchev–Trinajstić information content (AvgIpc) is 1.87.